The Labute approximate surface area is 230 Å². The lowest BCUT2D eigenvalue weighted by atomic mass is 9.96. The number of ether oxygens (including phenoxy) is 5. The van der Waals surface area contributed by atoms with Gasteiger partial charge in [0.1, 0.15) is 24.5 Å². The first kappa shape index (κ1) is 30.0. The molecule has 1 amide bonds. The van der Waals surface area contributed by atoms with Crippen LogP contribution in [0.15, 0.2) is 54.9 Å². The monoisotopic (exact) mass is 554 g/mol. The second-order valence-electron chi connectivity index (χ2n) is 8.81. The second kappa shape index (κ2) is 14.0. The molecule has 3 rings (SSSR count). The molecule has 1 N–H and O–H groups in total. The Morgan fingerprint density at radius 3 is 2.17 bits per heavy atom. The highest BCUT2D eigenvalue weighted by atomic mass is 16.7. The van der Waals surface area contributed by atoms with Gasteiger partial charge >= 0.3 is 17.9 Å². The van der Waals surface area contributed by atoms with Crippen LogP contribution in [-0.4, -0.2) is 71.8 Å². The van der Waals surface area contributed by atoms with Gasteiger partial charge < -0.3 is 29.0 Å². The molecule has 12 nitrogen and oxygen atoms in total. The van der Waals surface area contributed by atoms with E-state index in [-0.39, 0.29) is 18.1 Å². The number of ketones is 1. The number of carbonyl (C=O) groups is 5. The number of hydrogen-bond donors (Lipinski definition) is 1. The van der Waals surface area contributed by atoms with Gasteiger partial charge in [0.15, 0.2) is 18.0 Å². The molecule has 1 saturated heterocycles. The number of rotatable bonds is 10. The lowest BCUT2D eigenvalue weighted by molar-refractivity contribution is -0.257. The minimum atomic E-state index is -1.30. The van der Waals surface area contributed by atoms with Crippen LogP contribution in [-0.2, 0) is 38.1 Å². The van der Waals surface area contributed by atoms with Crippen LogP contribution in [0, 0.1) is 0 Å². The molecule has 1 aromatic heterocycles. The summed E-state index contributed by atoms with van der Waals surface area (Å²) in [5.41, 5.74) is 0.942. The number of nitrogens with one attached hydrogen (secondary N) is 1. The van der Waals surface area contributed by atoms with Crippen molar-refractivity contribution in [2.75, 3.05) is 6.61 Å². The molecule has 212 valence electrons. The van der Waals surface area contributed by atoms with Crippen molar-refractivity contribution < 1.29 is 47.7 Å². The summed E-state index contributed by atoms with van der Waals surface area (Å²) in [4.78, 5) is 64.1. The fourth-order valence-corrected chi connectivity index (χ4v) is 4.02. The van der Waals surface area contributed by atoms with Crippen molar-refractivity contribution >= 4 is 35.7 Å². The highest BCUT2D eigenvalue weighted by molar-refractivity contribution is 6.06. The SMILES string of the molecule is CC(=O)N[C@@H]1[C@H](Oc2ccccc2/C=C\C(=O)c2ccncc2)O[C@H](COC(C)=O)[C@@H](OC(C)=O)[C@H]1OC(C)=O. The summed E-state index contributed by atoms with van der Waals surface area (Å²) in [6.07, 6.45) is 1.01. The molecule has 1 fully saturated rings. The molecule has 40 heavy (non-hydrogen) atoms. The first-order chi connectivity index (χ1) is 19.0. The number of allylic oxidation sites excluding steroid dienone is 1. The van der Waals surface area contributed by atoms with E-state index in [9.17, 15) is 24.0 Å². The maximum absolute atomic E-state index is 12.6. The predicted octanol–water partition coefficient (Wildman–Crippen LogP) is 2.01. The van der Waals surface area contributed by atoms with Crippen LogP contribution in [0.3, 0.4) is 0 Å². The molecule has 12 heteroatoms. The maximum Gasteiger partial charge on any atom is 0.303 e. The molecule has 0 radical (unpaired) electrons. The Morgan fingerprint density at radius 2 is 1.55 bits per heavy atom. The summed E-state index contributed by atoms with van der Waals surface area (Å²) in [5.74, 6) is -2.56. The number of pyridine rings is 1. The van der Waals surface area contributed by atoms with Crippen LogP contribution in [0.1, 0.15) is 43.6 Å². The highest BCUT2D eigenvalue weighted by Crippen LogP contribution is 2.30. The van der Waals surface area contributed by atoms with Crippen LogP contribution >= 0.6 is 0 Å². The summed E-state index contributed by atoms with van der Waals surface area (Å²) in [5, 5.41) is 2.64. The third-order valence-corrected chi connectivity index (χ3v) is 5.61. The molecule has 1 aromatic carbocycles. The number of hydrogen-bond acceptors (Lipinski definition) is 11. The number of carbonyl (C=O) groups excluding carboxylic acids is 5. The summed E-state index contributed by atoms with van der Waals surface area (Å²) < 4.78 is 28.2. The molecule has 1 aliphatic heterocycles. The Kier molecular flexibility index (Phi) is 10.5. The fraction of sp³-hybridized carbons (Fsp3) is 0.357. The van der Waals surface area contributed by atoms with Crippen molar-refractivity contribution in [3.63, 3.8) is 0 Å². The van der Waals surface area contributed by atoms with Crippen molar-refractivity contribution in [3.05, 3.63) is 66.0 Å². The molecule has 0 aliphatic carbocycles. The summed E-state index contributed by atoms with van der Waals surface area (Å²) in [6.45, 7) is 4.38. The Hall–Kier alpha value is -4.58. The largest absolute Gasteiger partial charge is 0.463 e. The lowest BCUT2D eigenvalue weighted by Crippen LogP contribution is -2.67. The molecule has 0 spiro atoms. The summed E-state index contributed by atoms with van der Waals surface area (Å²) in [7, 11) is 0. The standard InChI is InChI=1S/C28H30N2O10/c1-16(31)30-25-27(38-19(4)34)26(37-18(3)33)24(15-36-17(2)32)40-28(25)39-23-8-6-5-7-21(23)9-10-22(35)20-11-13-29-14-12-20/h5-14,24-28H,15H2,1-4H3,(H,30,31)/b10-9-/t24-,25+,26-,27+,28-/m1/s1. The highest BCUT2D eigenvalue weighted by Gasteiger charge is 2.52. The van der Waals surface area contributed by atoms with Crippen molar-refractivity contribution in [3.8, 4) is 5.75 Å². The van der Waals surface area contributed by atoms with Crippen LogP contribution in [0.25, 0.3) is 6.08 Å². The number of nitrogens with zero attached hydrogens (tertiary/aromatic N) is 1. The fourth-order valence-electron chi connectivity index (χ4n) is 4.02. The molecular formula is C28H30N2O10. The van der Waals surface area contributed by atoms with Crippen LogP contribution in [0.4, 0.5) is 0 Å². The number of amides is 1. The predicted molar refractivity (Wildman–Crippen MR) is 139 cm³/mol. The van der Waals surface area contributed by atoms with E-state index in [1.165, 1.54) is 32.3 Å². The van der Waals surface area contributed by atoms with Crippen molar-refractivity contribution in [2.45, 2.75) is 58.3 Å². The van der Waals surface area contributed by atoms with E-state index in [1.807, 2.05) is 0 Å². The smallest absolute Gasteiger partial charge is 0.303 e. The van der Waals surface area contributed by atoms with Gasteiger partial charge in [0.2, 0.25) is 12.2 Å². The number of aromatic nitrogens is 1. The average molecular weight is 555 g/mol. The Bertz CT molecular complexity index is 1260. The minimum absolute atomic E-state index is 0.261. The molecular weight excluding hydrogens is 524 g/mol. The lowest BCUT2D eigenvalue weighted by Gasteiger charge is -2.44. The quantitative estimate of drug-likeness (QED) is 0.198. The third-order valence-electron chi connectivity index (χ3n) is 5.61. The van der Waals surface area contributed by atoms with Gasteiger partial charge in [-0.2, -0.15) is 0 Å². The van der Waals surface area contributed by atoms with Crippen molar-refractivity contribution in [2.24, 2.45) is 0 Å². The van der Waals surface area contributed by atoms with E-state index in [0.717, 1.165) is 13.8 Å². The van der Waals surface area contributed by atoms with Crippen LogP contribution < -0.4 is 10.1 Å². The van der Waals surface area contributed by atoms with Crippen molar-refractivity contribution in [1.82, 2.24) is 10.3 Å². The van der Waals surface area contributed by atoms with Gasteiger partial charge in [0.05, 0.1) is 0 Å². The molecule has 2 aromatic rings. The zero-order chi connectivity index (χ0) is 29.2. The van der Waals surface area contributed by atoms with Gasteiger partial charge in [-0.25, -0.2) is 0 Å². The summed E-state index contributed by atoms with van der Waals surface area (Å²) >= 11 is 0. The van der Waals surface area contributed by atoms with Gasteiger partial charge in [-0.15, -0.1) is 0 Å². The normalized spacial score (nSPS) is 22.1. The third kappa shape index (κ3) is 8.46. The topological polar surface area (TPSA) is 156 Å². The van der Waals surface area contributed by atoms with Gasteiger partial charge in [-0.1, -0.05) is 18.2 Å². The second-order valence-corrected chi connectivity index (χ2v) is 8.81. The average Bonchev–Trinajstić information content (AvgIpc) is 2.90. The van der Waals surface area contributed by atoms with Gasteiger partial charge in [-0.3, -0.25) is 29.0 Å². The molecule has 1 aliphatic rings. The maximum atomic E-state index is 12.6. The zero-order valence-corrected chi connectivity index (χ0v) is 22.4. The van der Waals surface area contributed by atoms with Crippen LogP contribution in [0.5, 0.6) is 5.75 Å². The molecule has 2 heterocycles. The van der Waals surface area contributed by atoms with E-state index in [4.69, 9.17) is 23.7 Å². The first-order valence-electron chi connectivity index (χ1n) is 12.3. The van der Waals surface area contributed by atoms with Gasteiger partial charge in [0.25, 0.3) is 0 Å². The number of benzene rings is 1. The molecule has 0 bridgehead atoms. The Balaban J connectivity index is 1.97. The van der Waals surface area contributed by atoms with Crippen LogP contribution in [0.2, 0.25) is 0 Å². The van der Waals surface area contributed by atoms with Gasteiger partial charge in [-0.05, 0) is 30.4 Å². The molecule has 0 unspecified atom stereocenters. The molecule has 0 saturated carbocycles. The first-order valence-corrected chi connectivity index (χ1v) is 12.3. The van der Waals surface area contributed by atoms with E-state index >= 15 is 0 Å². The number of esters is 3. The summed E-state index contributed by atoms with van der Waals surface area (Å²) in [6, 6.07) is 8.76. The number of para-hydroxylation sites is 1. The van der Waals surface area contributed by atoms with E-state index in [0.29, 0.717) is 11.1 Å². The zero-order valence-electron chi connectivity index (χ0n) is 22.4. The van der Waals surface area contributed by atoms with E-state index < -0.39 is 54.5 Å². The van der Waals surface area contributed by atoms with Crippen molar-refractivity contribution in [1.29, 1.82) is 0 Å². The minimum Gasteiger partial charge on any atom is -0.463 e. The van der Waals surface area contributed by atoms with Gasteiger partial charge in [0, 0.05) is 51.2 Å². The molecule has 5 atom stereocenters. The Morgan fingerprint density at radius 1 is 0.900 bits per heavy atom. The van der Waals surface area contributed by atoms with E-state index in [2.05, 4.69) is 10.3 Å². The van der Waals surface area contributed by atoms with E-state index in [1.54, 1.807) is 42.5 Å².